The Bertz CT molecular complexity index is 664. The maximum absolute atomic E-state index is 11.9. The highest BCUT2D eigenvalue weighted by molar-refractivity contribution is 7.99. The topological polar surface area (TPSA) is 81.7 Å². The summed E-state index contributed by atoms with van der Waals surface area (Å²) in [4.78, 5) is 34.1. The Morgan fingerprint density at radius 2 is 1.92 bits per heavy atom. The van der Waals surface area contributed by atoms with E-state index < -0.39 is 31.2 Å². The molecular weight excluding hydrogens is 375 g/mol. The van der Waals surface area contributed by atoms with Crippen LogP contribution in [0.4, 0.5) is 13.2 Å². The van der Waals surface area contributed by atoms with E-state index in [0.29, 0.717) is 22.6 Å². The Balaban J connectivity index is 2.41. The summed E-state index contributed by atoms with van der Waals surface area (Å²) < 4.78 is 45.6. The lowest BCUT2D eigenvalue weighted by molar-refractivity contribution is -0.149. The number of hydrogen-bond acceptors (Lipinski definition) is 6. The zero-order valence-corrected chi connectivity index (χ0v) is 15.0. The van der Waals surface area contributed by atoms with Crippen LogP contribution in [0.5, 0.6) is 5.75 Å². The standard InChI is InChI=1S/C16H18F3NO5S/c1-10(21)11-3-4-13(24-2)12(5-11)7-26-8-15(23)25-6-14(22)20-9-16(17,18)19/h3-5H,6-9H2,1-2H3,(H,20,22). The second kappa shape index (κ2) is 10.0. The number of methoxy groups -OCH3 is 1. The van der Waals surface area contributed by atoms with E-state index in [1.54, 1.807) is 23.5 Å². The third-order valence-electron chi connectivity index (χ3n) is 3.01. The molecule has 1 amide bonds. The Morgan fingerprint density at radius 1 is 1.23 bits per heavy atom. The third-order valence-corrected chi connectivity index (χ3v) is 3.97. The van der Waals surface area contributed by atoms with E-state index in [0.717, 1.165) is 11.8 Å². The monoisotopic (exact) mass is 393 g/mol. The summed E-state index contributed by atoms with van der Waals surface area (Å²) in [6.45, 7) is -0.830. The molecule has 0 spiro atoms. The Kier molecular flexibility index (Phi) is 8.43. The largest absolute Gasteiger partial charge is 0.496 e. The van der Waals surface area contributed by atoms with E-state index in [1.807, 2.05) is 0 Å². The number of esters is 1. The number of carbonyl (C=O) groups excluding carboxylic acids is 3. The molecule has 26 heavy (non-hydrogen) atoms. The Labute approximate surface area is 152 Å². The minimum absolute atomic E-state index is 0.108. The molecule has 0 radical (unpaired) electrons. The number of benzene rings is 1. The van der Waals surface area contributed by atoms with Gasteiger partial charge in [0.15, 0.2) is 12.4 Å². The lowest BCUT2D eigenvalue weighted by Gasteiger charge is -2.10. The van der Waals surface area contributed by atoms with E-state index in [4.69, 9.17) is 4.74 Å². The fraction of sp³-hybridized carbons (Fsp3) is 0.438. The molecule has 0 heterocycles. The predicted molar refractivity (Wildman–Crippen MR) is 89.2 cm³/mol. The summed E-state index contributed by atoms with van der Waals surface area (Å²) in [5.41, 5.74) is 1.21. The first-order valence-electron chi connectivity index (χ1n) is 7.37. The zero-order valence-electron chi connectivity index (χ0n) is 14.1. The van der Waals surface area contributed by atoms with Crippen molar-refractivity contribution in [3.63, 3.8) is 0 Å². The molecule has 0 aliphatic heterocycles. The Morgan fingerprint density at radius 3 is 2.50 bits per heavy atom. The van der Waals surface area contributed by atoms with Gasteiger partial charge in [-0.25, -0.2) is 0 Å². The van der Waals surface area contributed by atoms with Gasteiger partial charge in [0.05, 0.1) is 12.9 Å². The van der Waals surface area contributed by atoms with Gasteiger partial charge >= 0.3 is 12.1 Å². The minimum Gasteiger partial charge on any atom is -0.496 e. The highest BCUT2D eigenvalue weighted by atomic mass is 32.2. The van der Waals surface area contributed by atoms with Crippen LogP contribution in [-0.2, 0) is 20.1 Å². The number of rotatable bonds is 9. The third kappa shape index (κ3) is 8.24. The number of ketones is 1. The van der Waals surface area contributed by atoms with Crippen LogP contribution in [0.3, 0.4) is 0 Å². The van der Waals surface area contributed by atoms with Crippen molar-refractivity contribution in [3.8, 4) is 5.75 Å². The number of hydrogen-bond donors (Lipinski definition) is 1. The lowest BCUT2D eigenvalue weighted by Crippen LogP contribution is -2.36. The molecule has 1 aromatic carbocycles. The minimum atomic E-state index is -4.52. The number of carbonyl (C=O) groups is 3. The van der Waals surface area contributed by atoms with Crippen LogP contribution in [0.15, 0.2) is 18.2 Å². The van der Waals surface area contributed by atoms with Crippen molar-refractivity contribution in [2.75, 3.05) is 26.0 Å². The van der Waals surface area contributed by atoms with E-state index in [-0.39, 0.29) is 11.5 Å². The van der Waals surface area contributed by atoms with Gasteiger partial charge < -0.3 is 14.8 Å². The fourth-order valence-electron chi connectivity index (χ4n) is 1.79. The van der Waals surface area contributed by atoms with Gasteiger partial charge in [0.2, 0.25) is 0 Å². The van der Waals surface area contributed by atoms with Crippen LogP contribution >= 0.6 is 11.8 Å². The van der Waals surface area contributed by atoms with Crippen LogP contribution < -0.4 is 10.1 Å². The number of alkyl halides is 3. The van der Waals surface area contributed by atoms with Crippen LogP contribution in [0.25, 0.3) is 0 Å². The van der Waals surface area contributed by atoms with E-state index >= 15 is 0 Å². The van der Waals surface area contributed by atoms with Gasteiger partial charge in [-0.1, -0.05) is 0 Å². The predicted octanol–water partition coefficient (Wildman–Crippen LogP) is 2.35. The number of amides is 1. The van der Waals surface area contributed by atoms with Crippen molar-refractivity contribution >= 4 is 29.4 Å². The maximum Gasteiger partial charge on any atom is 0.405 e. The summed E-state index contributed by atoms with van der Waals surface area (Å²) in [5.74, 6) is -1.08. The zero-order chi connectivity index (χ0) is 19.7. The van der Waals surface area contributed by atoms with Crippen molar-refractivity contribution < 1.29 is 37.0 Å². The maximum atomic E-state index is 11.9. The second-order valence-electron chi connectivity index (χ2n) is 5.13. The summed E-state index contributed by atoms with van der Waals surface area (Å²) in [6.07, 6.45) is -4.52. The molecular formula is C16H18F3NO5S. The molecule has 6 nitrogen and oxygen atoms in total. The van der Waals surface area contributed by atoms with Crippen LogP contribution in [-0.4, -0.2) is 49.9 Å². The number of Topliss-reactive ketones (excluding diaryl/α,β-unsaturated/α-hetero) is 1. The SMILES string of the molecule is COc1ccc(C(C)=O)cc1CSCC(=O)OCC(=O)NCC(F)(F)F. The molecule has 0 saturated carbocycles. The van der Waals surface area contributed by atoms with Crippen LogP contribution in [0.2, 0.25) is 0 Å². The summed E-state index contributed by atoms with van der Waals surface area (Å²) >= 11 is 1.16. The van der Waals surface area contributed by atoms with Gasteiger partial charge in [-0.3, -0.25) is 14.4 Å². The molecule has 1 rings (SSSR count). The van der Waals surface area contributed by atoms with Gasteiger partial charge in [-0.05, 0) is 25.1 Å². The van der Waals surface area contributed by atoms with Crippen molar-refractivity contribution in [2.45, 2.75) is 18.9 Å². The summed E-state index contributed by atoms with van der Waals surface area (Å²) in [6, 6.07) is 4.93. The van der Waals surface area contributed by atoms with E-state index in [2.05, 4.69) is 4.74 Å². The molecule has 0 bridgehead atoms. The number of nitrogens with one attached hydrogen (secondary N) is 1. The van der Waals surface area contributed by atoms with Crippen molar-refractivity contribution in [2.24, 2.45) is 0 Å². The second-order valence-corrected chi connectivity index (χ2v) is 6.11. The summed E-state index contributed by atoms with van der Waals surface area (Å²) in [5, 5.41) is 1.60. The van der Waals surface area contributed by atoms with Gasteiger partial charge in [-0.15, -0.1) is 11.8 Å². The van der Waals surface area contributed by atoms with Crippen LogP contribution in [0, 0.1) is 0 Å². The molecule has 0 aromatic heterocycles. The number of halogens is 3. The van der Waals surface area contributed by atoms with E-state index in [1.165, 1.54) is 14.0 Å². The quantitative estimate of drug-likeness (QED) is 0.512. The van der Waals surface area contributed by atoms with Gasteiger partial charge in [0.1, 0.15) is 12.3 Å². The van der Waals surface area contributed by atoms with Gasteiger partial charge in [0, 0.05) is 16.9 Å². The number of ether oxygens (including phenoxy) is 2. The molecule has 10 heteroatoms. The molecule has 0 unspecified atom stereocenters. The van der Waals surface area contributed by atoms with Crippen molar-refractivity contribution in [3.05, 3.63) is 29.3 Å². The molecule has 1 aromatic rings. The molecule has 0 atom stereocenters. The summed E-state index contributed by atoms with van der Waals surface area (Å²) in [7, 11) is 1.48. The van der Waals surface area contributed by atoms with Crippen LogP contribution in [0.1, 0.15) is 22.8 Å². The first-order chi connectivity index (χ1) is 12.1. The van der Waals surface area contributed by atoms with E-state index in [9.17, 15) is 27.6 Å². The normalized spacial score (nSPS) is 11.0. The molecule has 0 aliphatic rings. The molecule has 0 fully saturated rings. The molecule has 144 valence electrons. The smallest absolute Gasteiger partial charge is 0.405 e. The molecule has 0 saturated heterocycles. The first kappa shape index (κ1) is 21.8. The van der Waals surface area contributed by atoms with Crippen molar-refractivity contribution in [1.82, 2.24) is 5.32 Å². The average molecular weight is 393 g/mol. The molecule has 0 aliphatic carbocycles. The molecule has 1 N–H and O–H groups in total. The van der Waals surface area contributed by atoms with Crippen molar-refractivity contribution in [1.29, 1.82) is 0 Å². The number of thioether (sulfide) groups is 1. The lowest BCUT2D eigenvalue weighted by atomic mass is 10.1. The van der Waals surface area contributed by atoms with Gasteiger partial charge in [0.25, 0.3) is 5.91 Å². The fourth-order valence-corrected chi connectivity index (χ4v) is 2.59. The highest BCUT2D eigenvalue weighted by Crippen LogP contribution is 2.25. The average Bonchev–Trinajstić information content (AvgIpc) is 2.57. The van der Waals surface area contributed by atoms with Gasteiger partial charge in [-0.2, -0.15) is 13.2 Å². The first-order valence-corrected chi connectivity index (χ1v) is 8.52. The highest BCUT2D eigenvalue weighted by Gasteiger charge is 2.27. The Hall–Kier alpha value is -2.23.